The fourth-order valence-electron chi connectivity index (χ4n) is 2.19. The molecular weight excluding hydrogens is 298 g/mol. The highest BCUT2D eigenvalue weighted by atomic mass is 32.1. The Hall–Kier alpha value is -1.89. The normalized spacial score (nSPS) is 12.2. The van der Waals surface area contributed by atoms with E-state index in [4.69, 9.17) is 0 Å². The maximum absolute atomic E-state index is 12.1. The lowest BCUT2D eigenvalue weighted by Gasteiger charge is -2.14. The van der Waals surface area contributed by atoms with Crippen LogP contribution >= 0.6 is 11.3 Å². The highest BCUT2D eigenvalue weighted by Crippen LogP contribution is 2.19. The highest BCUT2D eigenvalue weighted by molar-refractivity contribution is 7.11. The molecule has 0 spiro atoms. The standard InChI is InChI=1S/C15H23N5OS/c1-5-10(3)20-14(7-8-17-20)19-15(21)16-9-13-12(6-2)18-11(4)22-13/h7-8,10H,5-6,9H2,1-4H3,(H2,16,19,21)/t10-/m0/s1. The summed E-state index contributed by atoms with van der Waals surface area (Å²) in [5.41, 5.74) is 1.06. The molecule has 2 aromatic heterocycles. The van der Waals surface area contributed by atoms with Gasteiger partial charge in [-0.25, -0.2) is 14.5 Å². The van der Waals surface area contributed by atoms with Crippen molar-refractivity contribution in [1.29, 1.82) is 0 Å². The second-order valence-corrected chi connectivity index (χ2v) is 6.47. The number of carbonyl (C=O) groups is 1. The van der Waals surface area contributed by atoms with Crippen molar-refractivity contribution in [1.82, 2.24) is 20.1 Å². The molecule has 2 heterocycles. The van der Waals surface area contributed by atoms with Crippen molar-refractivity contribution >= 4 is 23.2 Å². The molecule has 0 saturated carbocycles. The number of nitrogens with one attached hydrogen (secondary N) is 2. The molecule has 2 N–H and O–H groups in total. The van der Waals surface area contributed by atoms with Gasteiger partial charge in [-0.05, 0) is 26.7 Å². The number of aromatic nitrogens is 3. The number of hydrogen-bond donors (Lipinski definition) is 2. The number of nitrogens with zero attached hydrogens (tertiary/aromatic N) is 3. The van der Waals surface area contributed by atoms with Gasteiger partial charge >= 0.3 is 6.03 Å². The summed E-state index contributed by atoms with van der Waals surface area (Å²) in [6.07, 6.45) is 3.53. The Bertz CT molecular complexity index is 634. The second kappa shape index (κ2) is 7.40. The lowest BCUT2D eigenvalue weighted by Crippen LogP contribution is -2.29. The van der Waals surface area contributed by atoms with Crippen molar-refractivity contribution in [3.05, 3.63) is 27.8 Å². The largest absolute Gasteiger partial charge is 0.333 e. The summed E-state index contributed by atoms with van der Waals surface area (Å²) in [5.74, 6) is 0.711. The Balaban J connectivity index is 1.95. The first-order valence-corrected chi connectivity index (χ1v) is 8.40. The summed E-state index contributed by atoms with van der Waals surface area (Å²) in [4.78, 5) is 17.7. The molecule has 0 unspecified atom stereocenters. The molecule has 2 amide bonds. The van der Waals surface area contributed by atoms with Crippen LogP contribution in [0.4, 0.5) is 10.6 Å². The number of amides is 2. The molecule has 0 aliphatic rings. The monoisotopic (exact) mass is 321 g/mol. The van der Waals surface area contributed by atoms with Crippen LogP contribution in [-0.2, 0) is 13.0 Å². The quantitative estimate of drug-likeness (QED) is 0.855. The predicted octanol–water partition coefficient (Wildman–Crippen LogP) is 3.50. The van der Waals surface area contributed by atoms with Crippen LogP contribution < -0.4 is 10.6 Å². The summed E-state index contributed by atoms with van der Waals surface area (Å²) in [5, 5.41) is 11.0. The molecule has 6 nitrogen and oxygen atoms in total. The summed E-state index contributed by atoms with van der Waals surface area (Å²) >= 11 is 1.63. The Kier molecular flexibility index (Phi) is 5.54. The average Bonchev–Trinajstić information content (AvgIpc) is 3.10. The molecule has 2 aromatic rings. The van der Waals surface area contributed by atoms with Gasteiger partial charge in [-0.2, -0.15) is 5.10 Å². The molecule has 0 aliphatic carbocycles. The van der Waals surface area contributed by atoms with E-state index < -0.39 is 0 Å². The fraction of sp³-hybridized carbons (Fsp3) is 0.533. The van der Waals surface area contributed by atoms with Crippen LogP contribution in [0.3, 0.4) is 0 Å². The summed E-state index contributed by atoms with van der Waals surface area (Å²) < 4.78 is 1.83. The number of hydrogen-bond acceptors (Lipinski definition) is 4. The molecule has 0 aromatic carbocycles. The van der Waals surface area contributed by atoms with Crippen molar-refractivity contribution in [3.63, 3.8) is 0 Å². The third-order valence-electron chi connectivity index (χ3n) is 3.55. The number of urea groups is 1. The van der Waals surface area contributed by atoms with Crippen LogP contribution in [0.2, 0.25) is 0 Å². The Labute approximate surface area is 135 Å². The molecule has 2 rings (SSSR count). The first kappa shape index (κ1) is 16.5. The molecule has 0 bridgehead atoms. The van der Waals surface area contributed by atoms with Gasteiger partial charge in [-0.3, -0.25) is 5.32 Å². The maximum atomic E-state index is 12.1. The minimum atomic E-state index is -0.224. The zero-order valence-electron chi connectivity index (χ0n) is 13.5. The molecule has 0 aliphatic heterocycles. The smallest absolute Gasteiger partial charge is 0.320 e. The third kappa shape index (κ3) is 3.85. The summed E-state index contributed by atoms with van der Waals surface area (Å²) in [6, 6.07) is 1.83. The summed E-state index contributed by atoms with van der Waals surface area (Å²) in [7, 11) is 0. The third-order valence-corrected chi connectivity index (χ3v) is 4.56. The number of thiazole rings is 1. The fourth-order valence-corrected chi connectivity index (χ4v) is 3.15. The minimum absolute atomic E-state index is 0.224. The SMILES string of the molecule is CCc1nc(C)sc1CNC(=O)Nc1ccnn1[C@@H](C)CC. The van der Waals surface area contributed by atoms with Gasteiger partial charge in [0.1, 0.15) is 5.82 Å². The molecule has 22 heavy (non-hydrogen) atoms. The van der Waals surface area contributed by atoms with E-state index in [2.05, 4.69) is 41.5 Å². The Morgan fingerprint density at radius 3 is 2.91 bits per heavy atom. The van der Waals surface area contributed by atoms with E-state index in [1.807, 2.05) is 11.6 Å². The Morgan fingerprint density at radius 1 is 1.45 bits per heavy atom. The first-order chi connectivity index (χ1) is 10.5. The molecule has 0 radical (unpaired) electrons. The molecule has 0 fully saturated rings. The lowest BCUT2D eigenvalue weighted by atomic mass is 10.3. The van der Waals surface area contributed by atoms with Crippen molar-refractivity contribution in [2.45, 2.75) is 53.1 Å². The van der Waals surface area contributed by atoms with E-state index >= 15 is 0 Å². The zero-order valence-corrected chi connectivity index (χ0v) is 14.3. The summed E-state index contributed by atoms with van der Waals surface area (Å²) in [6.45, 7) is 8.72. The van der Waals surface area contributed by atoms with E-state index in [0.29, 0.717) is 12.4 Å². The topological polar surface area (TPSA) is 71.8 Å². The van der Waals surface area contributed by atoms with Gasteiger partial charge in [-0.15, -0.1) is 11.3 Å². The maximum Gasteiger partial charge on any atom is 0.320 e. The van der Waals surface area contributed by atoms with Gasteiger partial charge in [0.05, 0.1) is 29.5 Å². The van der Waals surface area contributed by atoms with E-state index in [1.165, 1.54) is 0 Å². The highest BCUT2D eigenvalue weighted by Gasteiger charge is 2.12. The Morgan fingerprint density at radius 2 is 2.23 bits per heavy atom. The van der Waals surface area contributed by atoms with Crippen LogP contribution in [0.25, 0.3) is 0 Å². The van der Waals surface area contributed by atoms with E-state index in [0.717, 1.165) is 28.4 Å². The van der Waals surface area contributed by atoms with Gasteiger partial charge in [0, 0.05) is 10.9 Å². The van der Waals surface area contributed by atoms with Gasteiger partial charge in [0.15, 0.2) is 0 Å². The van der Waals surface area contributed by atoms with Gasteiger partial charge in [0.2, 0.25) is 0 Å². The number of anilines is 1. The van der Waals surface area contributed by atoms with Gasteiger partial charge in [0.25, 0.3) is 0 Å². The minimum Gasteiger partial charge on any atom is -0.333 e. The van der Waals surface area contributed by atoms with Crippen molar-refractivity contribution in [3.8, 4) is 0 Å². The van der Waals surface area contributed by atoms with Crippen LogP contribution in [0.1, 0.15) is 48.8 Å². The molecular formula is C15H23N5OS. The van der Waals surface area contributed by atoms with Crippen LogP contribution in [0.5, 0.6) is 0 Å². The van der Waals surface area contributed by atoms with E-state index in [1.54, 1.807) is 23.6 Å². The predicted molar refractivity (Wildman–Crippen MR) is 89.3 cm³/mol. The van der Waals surface area contributed by atoms with Crippen LogP contribution in [-0.4, -0.2) is 20.8 Å². The average molecular weight is 321 g/mol. The second-order valence-electron chi connectivity index (χ2n) is 5.18. The first-order valence-electron chi connectivity index (χ1n) is 7.58. The van der Waals surface area contributed by atoms with Crippen molar-refractivity contribution in [2.24, 2.45) is 0 Å². The number of rotatable bonds is 6. The van der Waals surface area contributed by atoms with Gasteiger partial charge < -0.3 is 5.32 Å². The zero-order chi connectivity index (χ0) is 16.1. The van der Waals surface area contributed by atoms with E-state index in [9.17, 15) is 4.79 Å². The molecule has 120 valence electrons. The number of carbonyl (C=O) groups excluding carboxylic acids is 1. The van der Waals surface area contributed by atoms with Gasteiger partial charge in [-0.1, -0.05) is 13.8 Å². The van der Waals surface area contributed by atoms with Crippen LogP contribution in [0, 0.1) is 6.92 Å². The molecule has 7 heteroatoms. The van der Waals surface area contributed by atoms with Crippen LogP contribution in [0.15, 0.2) is 12.3 Å². The van der Waals surface area contributed by atoms with Crippen molar-refractivity contribution in [2.75, 3.05) is 5.32 Å². The lowest BCUT2D eigenvalue weighted by molar-refractivity contribution is 0.251. The van der Waals surface area contributed by atoms with Crippen molar-refractivity contribution < 1.29 is 4.79 Å². The molecule has 1 atom stereocenters. The number of aryl methyl sites for hydroxylation is 2. The molecule has 0 saturated heterocycles. The van der Waals surface area contributed by atoms with E-state index in [-0.39, 0.29) is 12.1 Å².